The fraction of sp³-hybridized carbons (Fsp3) is 0.148. The van der Waals surface area contributed by atoms with Crippen LogP contribution in [0.15, 0.2) is 74.8 Å². The van der Waals surface area contributed by atoms with E-state index in [1.54, 1.807) is 31.3 Å². The van der Waals surface area contributed by atoms with Gasteiger partial charge in [0.1, 0.15) is 11.9 Å². The van der Waals surface area contributed by atoms with Crippen LogP contribution in [0.25, 0.3) is 5.69 Å². The standard InChI is InChI=1S/C27H22ClFN6O2S/c1-15(2)38-24-9-20(6-5-17(24)4)32-25-33-26(36)35(21-7-16(3)12-31-13-21)27(37)34(25)14-19-8-18(11-30)23(29)10-22(19)28/h5-10,12-13H,1,14H2,2-4H3,(H,32,33,36). The van der Waals surface area contributed by atoms with Gasteiger partial charge in [0.25, 0.3) is 0 Å². The van der Waals surface area contributed by atoms with Crippen LogP contribution in [-0.4, -0.2) is 19.1 Å². The molecule has 4 aromatic rings. The van der Waals surface area contributed by atoms with Gasteiger partial charge in [0.2, 0.25) is 5.95 Å². The van der Waals surface area contributed by atoms with Crippen LogP contribution in [0.5, 0.6) is 0 Å². The van der Waals surface area contributed by atoms with Crippen molar-refractivity contribution in [2.24, 2.45) is 0 Å². The predicted molar refractivity (Wildman–Crippen MR) is 147 cm³/mol. The van der Waals surface area contributed by atoms with Crippen LogP contribution in [0.4, 0.5) is 16.0 Å². The molecule has 4 rings (SSSR count). The van der Waals surface area contributed by atoms with Gasteiger partial charge in [-0.05, 0) is 72.7 Å². The van der Waals surface area contributed by atoms with Crippen molar-refractivity contribution in [1.29, 1.82) is 5.26 Å². The highest BCUT2D eigenvalue weighted by atomic mass is 35.5. The summed E-state index contributed by atoms with van der Waals surface area (Å²) in [5.74, 6) is -0.825. The molecule has 38 heavy (non-hydrogen) atoms. The van der Waals surface area contributed by atoms with Crippen LogP contribution < -0.4 is 16.7 Å². The number of anilines is 2. The second-order valence-electron chi connectivity index (χ2n) is 8.59. The Balaban J connectivity index is 1.90. The van der Waals surface area contributed by atoms with E-state index >= 15 is 0 Å². The summed E-state index contributed by atoms with van der Waals surface area (Å²) in [5.41, 5.74) is 1.13. The van der Waals surface area contributed by atoms with E-state index in [1.807, 2.05) is 26.0 Å². The number of nitrogens with one attached hydrogen (secondary N) is 1. The number of halogens is 2. The molecule has 0 aliphatic carbocycles. The van der Waals surface area contributed by atoms with Gasteiger partial charge in [-0.1, -0.05) is 36.0 Å². The molecule has 0 fully saturated rings. The molecule has 2 heterocycles. The van der Waals surface area contributed by atoms with Crippen LogP contribution in [-0.2, 0) is 6.54 Å². The van der Waals surface area contributed by atoms with Crippen molar-refractivity contribution in [1.82, 2.24) is 19.1 Å². The average molecular weight is 549 g/mol. The summed E-state index contributed by atoms with van der Waals surface area (Å²) >= 11 is 7.77. The highest BCUT2D eigenvalue weighted by Gasteiger charge is 2.18. The molecule has 0 amide bonds. The normalized spacial score (nSPS) is 10.7. The number of allylic oxidation sites excluding steroid dienone is 1. The summed E-state index contributed by atoms with van der Waals surface area (Å²) in [7, 11) is 0. The van der Waals surface area contributed by atoms with E-state index in [0.29, 0.717) is 11.3 Å². The second-order valence-corrected chi connectivity index (χ2v) is 10.3. The summed E-state index contributed by atoms with van der Waals surface area (Å²) in [6, 6.07) is 11.2. The van der Waals surface area contributed by atoms with Crippen LogP contribution in [0.2, 0.25) is 5.02 Å². The van der Waals surface area contributed by atoms with Crippen molar-refractivity contribution in [2.75, 3.05) is 5.32 Å². The molecule has 2 aromatic heterocycles. The molecule has 192 valence electrons. The van der Waals surface area contributed by atoms with E-state index in [2.05, 4.69) is 21.9 Å². The molecule has 0 unspecified atom stereocenters. The van der Waals surface area contributed by atoms with Crippen LogP contribution in [0.3, 0.4) is 0 Å². The summed E-state index contributed by atoms with van der Waals surface area (Å²) in [4.78, 5) is 36.9. The quantitative estimate of drug-likeness (QED) is 0.304. The molecule has 0 aliphatic rings. The van der Waals surface area contributed by atoms with Crippen molar-refractivity contribution in [3.05, 3.63) is 114 Å². The molecule has 8 nitrogen and oxygen atoms in total. The number of benzene rings is 2. The second kappa shape index (κ2) is 11.0. The third-order valence-corrected chi connectivity index (χ3v) is 6.86. The number of thioether (sulfide) groups is 1. The maximum atomic E-state index is 14.1. The Morgan fingerprint density at radius 2 is 1.97 bits per heavy atom. The predicted octanol–water partition coefficient (Wildman–Crippen LogP) is 5.49. The fourth-order valence-electron chi connectivity index (χ4n) is 3.69. The Morgan fingerprint density at radius 1 is 1.21 bits per heavy atom. The topological polar surface area (TPSA) is 106 Å². The van der Waals surface area contributed by atoms with Crippen molar-refractivity contribution in [2.45, 2.75) is 32.2 Å². The number of nitrogens with zero attached hydrogens (tertiary/aromatic N) is 5. The summed E-state index contributed by atoms with van der Waals surface area (Å²) < 4.78 is 16.2. The Hall–Kier alpha value is -4.20. The molecular formula is C27H22ClFN6O2S. The van der Waals surface area contributed by atoms with Gasteiger partial charge in [-0.15, -0.1) is 0 Å². The Labute approximate surface area is 227 Å². The molecule has 0 saturated heterocycles. The first-order valence-corrected chi connectivity index (χ1v) is 12.5. The van der Waals surface area contributed by atoms with E-state index in [1.165, 1.54) is 28.6 Å². The van der Waals surface area contributed by atoms with Gasteiger partial charge in [0, 0.05) is 21.8 Å². The minimum Gasteiger partial charge on any atom is -0.325 e. The molecule has 0 saturated carbocycles. The highest BCUT2D eigenvalue weighted by Crippen LogP contribution is 2.31. The minimum atomic E-state index is -0.812. The number of aromatic nitrogens is 4. The van der Waals surface area contributed by atoms with Crippen LogP contribution in [0.1, 0.15) is 29.2 Å². The maximum Gasteiger partial charge on any atom is 0.359 e. The first kappa shape index (κ1) is 26.9. The summed E-state index contributed by atoms with van der Waals surface area (Å²) in [6.07, 6.45) is 2.98. The molecule has 11 heteroatoms. The molecule has 2 aromatic carbocycles. The summed E-state index contributed by atoms with van der Waals surface area (Å²) in [5, 5.41) is 12.4. The zero-order valence-electron chi connectivity index (χ0n) is 20.7. The number of hydrogen-bond acceptors (Lipinski definition) is 7. The third kappa shape index (κ3) is 5.69. The first-order valence-electron chi connectivity index (χ1n) is 11.3. The average Bonchev–Trinajstić information content (AvgIpc) is 2.84. The van der Waals surface area contributed by atoms with Crippen molar-refractivity contribution < 1.29 is 4.39 Å². The number of nitriles is 1. The Kier molecular flexibility index (Phi) is 7.80. The van der Waals surface area contributed by atoms with Crippen molar-refractivity contribution in [3.8, 4) is 11.8 Å². The summed E-state index contributed by atoms with van der Waals surface area (Å²) in [6.45, 7) is 9.38. The largest absolute Gasteiger partial charge is 0.359 e. The molecule has 0 radical (unpaired) electrons. The zero-order valence-corrected chi connectivity index (χ0v) is 22.3. The Morgan fingerprint density at radius 3 is 2.66 bits per heavy atom. The van der Waals surface area contributed by atoms with Gasteiger partial charge in [-0.25, -0.2) is 18.5 Å². The van der Waals surface area contributed by atoms with Crippen molar-refractivity contribution in [3.63, 3.8) is 0 Å². The third-order valence-electron chi connectivity index (χ3n) is 5.50. The Bertz CT molecular complexity index is 1740. The SMILES string of the molecule is C=C(C)Sc1cc(Nc2nc(=O)n(-c3cncc(C)c3)c(=O)n2Cc2cc(C#N)c(F)cc2Cl)ccc1C. The van der Waals surface area contributed by atoms with Gasteiger partial charge in [0.05, 0.1) is 24.0 Å². The molecular weight excluding hydrogens is 527 g/mol. The van der Waals surface area contributed by atoms with Gasteiger partial charge in [-0.2, -0.15) is 10.2 Å². The van der Waals surface area contributed by atoms with Crippen LogP contribution >= 0.6 is 23.4 Å². The maximum absolute atomic E-state index is 14.1. The van der Waals surface area contributed by atoms with E-state index in [0.717, 1.165) is 31.6 Å². The van der Waals surface area contributed by atoms with Crippen molar-refractivity contribution >= 4 is 35.0 Å². The first-order chi connectivity index (χ1) is 18.1. The monoisotopic (exact) mass is 548 g/mol. The smallest absolute Gasteiger partial charge is 0.325 e. The minimum absolute atomic E-state index is 0.0183. The van der Waals surface area contributed by atoms with Gasteiger partial charge < -0.3 is 5.32 Å². The molecule has 0 bridgehead atoms. The number of rotatable bonds is 7. The van der Waals surface area contributed by atoms with Gasteiger partial charge in [-0.3, -0.25) is 9.55 Å². The molecule has 0 spiro atoms. The molecule has 0 aliphatic heterocycles. The molecule has 0 atom stereocenters. The lowest BCUT2D eigenvalue weighted by Crippen LogP contribution is -2.41. The van der Waals surface area contributed by atoms with E-state index in [-0.39, 0.29) is 28.8 Å². The van der Waals surface area contributed by atoms with E-state index < -0.39 is 17.2 Å². The highest BCUT2D eigenvalue weighted by molar-refractivity contribution is 8.03. The number of hydrogen-bond donors (Lipinski definition) is 1. The van der Waals surface area contributed by atoms with Crippen LogP contribution in [0, 0.1) is 31.0 Å². The number of pyridine rings is 1. The fourth-order valence-corrected chi connectivity index (χ4v) is 4.69. The lowest BCUT2D eigenvalue weighted by atomic mass is 10.1. The zero-order chi connectivity index (χ0) is 27.6. The number of aryl methyl sites for hydroxylation is 2. The molecule has 1 N–H and O–H groups in total. The van der Waals surface area contributed by atoms with Gasteiger partial charge >= 0.3 is 11.4 Å². The van der Waals surface area contributed by atoms with Gasteiger partial charge in [0.15, 0.2) is 0 Å². The van der Waals surface area contributed by atoms with E-state index in [9.17, 15) is 19.2 Å². The van der Waals surface area contributed by atoms with E-state index in [4.69, 9.17) is 11.6 Å². The lowest BCUT2D eigenvalue weighted by Gasteiger charge is -2.17. The lowest BCUT2D eigenvalue weighted by molar-refractivity contribution is 0.620.